The van der Waals surface area contributed by atoms with E-state index >= 15 is 0 Å². The number of rotatable bonds is 3. The van der Waals surface area contributed by atoms with Gasteiger partial charge in [0.2, 0.25) is 0 Å². The van der Waals surface area contributed by atoms with E-state index in [-0.39, 0.29) is 0 Å². The van der Waals surface area contributed by atoms with Gasteiger partial charge in [0, 0.05) is 17.0 Å². The molecular weight excluding hydrogens is 242 g/mol. The van der Waals surface area contributed by atoms with Crippen molar-refractivity contribution >= 4 is 21.8 Å². The van der Waals surface area contributed by atoms with Crippen molar-refractivity contribution in [2.45, 2.75) is 0 Å². The molecule has 0 saturated carbocycles. The highest BCUT2D eigenvalue weighted by Crippen LogP contribution is 2.44. The van der Waals surface area contributed by atoms with Crippen LogP contribution in [-0.2, 0) is 0 Å². The number of aromatic amines is 1. The summed E-state index contributed by atoms with van der Waals surface area (Å²) in [6.45, 7) is 0. The molecule has 0 amide bonds. The minimum Gasteiger partial charge on any atom is -0.494 e. The van der Waals surface area contributed by atoms with E-state index in [0.717, 1.165) is 33.3 Å². The van der Waals surface area contributed by atoms with E-state index in [2.05, 4.69) is 11.1 Å². The van der Waals surface area contributed by atoms with Crippen LogP contribution in [0.2, 0.25) is 0 Å². The molecule has 0 unspecified atom stereocenters. The van der Waals surface area contributed by atoms with Crippen molar-refractivity contribution in [3.63, 3.8) is 0 Å². The first-order valence-electron chi connectivity index (χ1n) is 5.99. The highest BCUT2D eigenvalue weighted by Gasteiger charge is 2.18. The molecule has 1 N–H and O–H groups in total. The molecule has 4 nitrogen and oxygen atoms in total. The summed E-state index contributed by atoms with van der Waals surface area (Å²) in [6.07, 6.45) is 0. The summed E-state index contributed by atoms with van der Waals surface area (Å²) >= 11 is 0. The molecule has 0 radical (unpaired) electrons. The number of H-pyrrole nitrogens is 1. The lowest BCUT2D eigenvalue weighted by Crippen LogP contribution is -1.93. The highest BCUT2D eigenvalue weighted by molar-refractivity contribution is 6.13. The average Bonchev–Trinajstić information content (AvgIpc) is 2.84. The molecule has 0 saturated heterocycles. The van der Waals surface area contributed by atoms with Crippen LogP contribution < -0.4 is 14.2 Å². The average molecular weight is 257 g/mol. The summed E-state index contributed by atoms with van der Waals surface area (Å²) in [5, 5.41) is 2.07. The smallest absolute Gasteiger partial charge is 0.170 e. The van der Waals surface area contributed by atoms with Crippen molar-refractivity contribution < 1.29 is 14.2 Å². The number of fused-ring (bicyclic) bond motifs is 3. The van der Waals surface area contributed by atoms with Crippen molar-refractivity contribution in [1.82, 2.24) is 4.98 Å². The second-order valence-corrected chi connectivity index (χ2v) is 4.23. The van der Waals surface area contributed by atoms with E-state index < -0.39 is 0 Å². The van der Waals surface area contributed by atoms with Gasteiger partial charge in [0.1, 0.15) is 5.75 Å². The fraction of sp³-hybridized carbons (Fsp3) is 0.200. The fourth-order valence-corrected chi connectivity index (χ4v) is 2.46. The summed E-state index contributed by atoms with van der Waals surface area (Å²) < 4.78 is 16.3. The van der Waals surface area contributed by atoms with Crippen LogP contribution >= 0.6 is 0 Å². The van der Waals surface area contributed by atoms with E-state index in [1.54, 1.807) is 21.3 Å². The maximum atomic E-state index is 5.51. The van der Waals surface area contributed by atoms with E-state index in [1.165, 1.54) is 0 Å². The van der Waals surface area contributed by atoms with Crippen molar-refractivity contribution in [2.75, 3.05) is 21.3 Å². The van der Waals surface area contributed by atoms with E-state index in [9.17, 15) is 0 Å². The zero-order valence-electron chi connectivity index (χ0n) is 11.1. The van der Waals surface area contributed by atoms with Gasteiger partial charge in [-0.1, -0.05) is 18.2 Å². The van der Waals surface area contributed by atoms with E-state index in [4.69, 9.17) is 14.2 Å². The van der Waals surface area contributed by atoms with Crippen LogP contribution in [0.1, 0.15) is 0 Å². The number of ether oxygens (including phenoxy) is 3. The zero-order valence-corrected chi connectivity index (χ0v) is 11.1. The maximum absolute atomic E-state index is 5.51. The SMILES string of the molecule is COc1cc(OC)c2[nH]c3ccccc3c2c1OC. The van der Waals surface area contributed by atoms with Crippen molar-refractivity contribution in [3.8, 4) is 17.2 Å². The minimum atomic E-state index is 0.664. The second kappa shape index (κ2) is 4.39. The summed E-state index contributed by atoms with van der Waals surface area (Å²) in [4.78, 5) is 3.36. The van der Waals surface area contributed by atoms with Gasteiger partial charge < -0.3 is 19.2 Å². The lowest BCUT2D eigenvalue weighted by Gasteiger charge is -2.11. The molecule has 0 aliphatic heterocycles. The Labute approximate surface area is 110 Å². The van der Waals surface area contributed by atoms with Gasteiger partial charge in [-0.15, -0.1) is 0 Å². The molecule has 0 aliphatic carbocycles. The van der Waals surface area contributed by atoms with Gasteiger partial charge in [0.25, 0.3) is 0 Å². The third kappa shape index (κ3) is 1.60. The molecule has 0 aliphatic rings. The summed E-state index contributed by atoms with van der Waals surface area (Å²) in [7, 11) is 4.91. The van der Waals surface area contributed by atoms with E-state index in [0.29, 0.717) is 5.75 Å². The van der Waals surface area contributed by atoms with Crippen LogP contribution in [0.25, 0.3) is 21.8 Å². The third-order valence-electron chi connectivity index (χ3n) is 3.31. The summed E-state index contributed by atoms with van der Waals surface area (Å²) in [5.41, 5.74) is 1.96. The van der Waals surface area contributed by atoms with Gasteiger partial charge in [-0.25, -0.2) is 0 Å². The Bertz CT molecular complexity index is 746. The Kier molecular flexibility index (Phi) is 2.71. The number of nitrogens with one attached hydrogen (secondary N) is 1. The first-order chi connectivity index (χ1) is 9.30. The number of methoxy groups -OCH3 is 3. The fourth-order valence-electron chi connectivity index (χ4n) is 2.46. The van der Waals surface area contributed by atoms with Gasteiger partial charge in [0.15, 0.2) is 11.5 Å². The molecule has 98 valence electrons. The molecular formula is C15H15NO3. The quantitative estimate of drug-likeness (QED) is 0.782. The molecule has 2 aromatic carbocycles. The largest absolute Gasteiger partial charge is 0.494 e. The molecule has 1 aromatic heterocycles. The Morgan fingerprint density at radius 3 is 2.32 bits per heavy atom. The molecule has 3 aromatic rings. The monoisotopic (exact) mass is 257 g/mol. The normalized spacial score (nSPS) is 10.9. The number of hydrogen-bond donors (Lipinski definition) is 1. The van der Waals surface area contributed by atoms with Gasteiger partial charge in [-0.3, -0.25) is 0 Å². The lowest BCUT2D eigenvalue weighted by atomic mass is 10.1. The van der Waals surface area contributed by atoms with Gasteiger partial charge in [-0.2, -0.15) is 0 Å². The number of hydrogen-bond acceptors (Lipinski definition) is 3. The zero-order chi connectivity index (χ0) is 13.4. The van der Waals surface area contributed by atoms with Gasteiger partial charge in [-0.05, 0) is 6.07 Å². The first kappa shape index (κ1) is 11.7. The number of aromatic nitrogens is 1. The van der Waals surface area contributed by atoms with Gasteiger partial charge in [0.05, 0.1) is 32.2 Å². The van der Waals surface area contributed by atoms with Crippen LogP contribution in [0.5, 0.6) is 17.2 Å². The molecule has 0 bridgehead atoms. The Hall–Kier alpha value is -2.36. The molecule has 1 heterocycles. The molecule has 3 rings (SSSR count). The molecule has 4 heteroatoms. The Morgan fingerprint density at radius 1 is 0.895 bits per heavy atom. The molecule has 0 atom stereocenters. The molecule has 19 heavy (non-hydrogen) atoms. The van der Waals surface area contributed by atoms with Crippen LogP contribution in [0.3, 0.4) is 0 Å². The number of para-hydroxylation sites is 1. The number of benzene rings is 2. The molecule has 0 spiro atoms. The topological polar surface area (TPSA) is 43.5 Å². The van der Waals surface area contributed by atoms with Crippen molar-refractivity contribution in [2.24, 2.45) is 0 Å². The van der Waals surface area contributed by atoms with Gasteiger partial charge >= 0.3 is 0 Å². The van der Waals surface area contributed by atoms with Crippen molar-refractivity contribution in [3.05, 3.63) is 30.3 Å². The Balaban J connectivity index is 2.54. The second-order valence-electron chi connectivity index (χ2n) is 4.23. The summed E-state index contributed by atoms with van der Waals surface area (Å²) in [6, 6.07) is 9.90. The maximum Gasteiger partial charge on any atom is 0.170 e. The Morgan fingerprint density at radius 2 is 1.63 bits per heavy atom. The lowest BCUT2D eigenvalue weighted by molar-refractivity contribution is 0.354. The standard InChI is InChI=1S/C15H15NO3/c1-17-11-8-12(18-2)15(19-3)13-9-6-4-5-7-10(9)16-14(11)13/h4-8,16H,1-3H3. The first-order valence-corrected chi connectivity index (χ1v) is 5.99. The van der Waals surface area contributed by atoms with Crippen LogP contribution in [0.15, 0.2) is 30.3 Å². The van der Waals surface area contributed by atoms with E-state index in [1.807, 2.05) is 24.3 Å². The summed E-state index contributed by atoms with van der Waals surface area (Å²) in [5.74, 6) is 2.12. The van der Waals surface area contributed by atoms with Crippen molar-refractivity contribution in [1.29, 1.82) is 0 Å². The molecule has 0 fully saturated rings. The predicted octanol–water partition coefficient (Wildman–Crippen LogP) is 3.35. The van der Waals surface area contributed by atoms with Crippen LogP contribution in [-0.4, -0.2) is 26.3 Å². The highest BCUT2D eigenvalue weighted by atomic mass is 16.5. The third-order valence-corrected chi connectivity index (χ3v) is 3.31. The predicted molar refractivity (Wildman–Crippen MR) is 75.5 cm³/mol. The van der Waals surface area contributed by atoms with Crippen LogP contribution in [0.4, 0.5) is 0 Å². The van der Waals surface area contributed by atoms with Crippen LogP contribution in [0, 0.1) is 0 Å². The minimum absolute atomic E-state index is 0.664.